The molecule has 0 fully saturated rings. The minimum absolute atomic E-state index is 0.905. The number of thiazole rings is 1. The van der Waals surface area contributed by atoms with Crippen LogP contribution in [0.1, 0.15) is 18.2 Å². The summed E-state index contributed by atoms with van der Waals surface area (Å²) in [4.78, 5) is 8.54. The van der Waals surface area contributed by atoms with Gasteiger partial charge in [0.15, 0.2) is 5.13 Å². The monoisotopic (exact) mass is 233 g/mol. The van der Waals surface area contributed by atoms with Crippen molar-refractivity contribution in [3.05, 3.63) is 41.2 Å². The van der Waals surface area contributed by atoms with Crippen molar-refractivity contribution in [2.75, 3.05) is 11.9 Å². The van der Waals surface area contributed by atoms with Crippen molar-refractivity contribution in [2.45, 2.75) is 19.8 Å². The minimum atomic E-state index is 0.905. The molecule has 0 aliphatic carbocycles. The van der Waals surface area contributed by atoms with E-state index in [2.05, 4.69) is 33.7 Å². The van der Waals surface area contributed by atoms with Crippen molar-refractivity contribution in [3.8, 4) is 0 Å². The van der Waals surface area contributed by atoms with E-state index >= 15 is 0 Å². The average Bonchev–Trinajstić information content (AvgIpc) is 2.78. The Morgan fingerprint density at radius 3 is 3.06 bits per heavy atom. The Bertz CT molecular complexity index is 425. The van der Waals surface area contributed by atoms with E-state index in [1.54, 1.807) is 17.5 Å². The number of rotatable bonds is 5. The predicted molar refractivity (Wildman–Crippen MR) is 67.9 cm³/mol. The van der Waals surface area contributed by atoms with Crippen LogP contribution in [0.15, 0.2) is 29.9 Å². The van der Waals surface area contributed by atoms with E-state index in [1.807, 2.05) is 12.3 Å². The number of hydrogen-bond donors (Lipinski definition) is 1. The third-order valence-corrected chi connectivity index (χ3v) is 3.18. The number of pyridine rings is 1. The smallest absolute Gasteiger partial charge is 0.182 e. The maximum absolute atomic E-state index is 4.45. The molecule has 0 saturated heterocycles. The van der Waals surface area contributed by atoms with Crippen molar-refractivity contribution < 1.29 is 0 Å². The van der Waals surface area contributed by atoms with Gasteiger partial charge in [0.25, 0.3) is 0 Å². The summed E-state index contributed by atoms with van der Waals surface area (Å²) < 4.78 is 0. The van der Waals surface area contributed by atoms with Gasteiger partial charge in [-0.25, -0.2) is 4.98 Å². The van der Waals surface area contributed by atoms with E-state index in [9.17, 15) is 0 Å². The number of nitrogens with zero attached hydrogens (tertiary/aromatic N) is 2. The van der Waals surface area contributed by atoms with Crippen LogP contribution in [0.5, 0.6) is 0 Å². The van der Waals surface area contributed by atoms with Crippen LogP contribution in [0, 0.1) is 0 Å². The van der Waals surface area contributed by atoms with Gasteiger partial charge >= 0.3 is 0 Å². The lowest BCUT2D eigenvalue weighted by Crippen LogP contribution is -2.04. The molecule has 0 amide bonds. The number of nitrogens with one attached hydrogen (secondary N) is 1. The molecule has 2 heterocycles. The molecule has 2 rings (SSSR count). The van der Waals surface area contributed by atoms with Crippen LogP contribution in [0.25, 0.3) is 0 Å². The van der Waals surface area contributed by atoms with E-state index in [0.29, 0.717) is 0 Å². The third kappa shape index (κ3) is 3.03. The molecule has 0 aliphatic rings. The molecule has 0 bridgehead atoms. The van der Waals surface area contributed by atoms with Gasteiger partial charge in [-0.05, 0) is 24.5 Å². The zero-order chi connectivity index (χ0) is 11.2. The molecule has 0 spiro atoms. The Labute approximate surface area is 99.6 Å². The maximum atomic E-state index is 4.45. The largest absolute Gasteiger partial charge is 0.361 e. The Morgan fingerprint density at radius 2 is 2.38 bits per heavy atom. The maximum Gasteiger partial charge on any atom is 0.182 e. The van der Waals surface area contributed by atoms with Crippen molar-refractivity contribution in [1.29, 1.82) is 0 Å². The molecule has 0 unspecified atom stereocenters. The zero-order valence-corrected chi connectivity index (χ0v) is 10.1. The molecule has 0 atom stereocenters. The first-order chi connectivity index (χ1) is 7.88. The van der Waals surface area contributed by atoms with Crippen LogP contribution < -0.4 is 5.32 Å². The molecule has 3 nitrogen and oxygen atoms in total. The quantitative estimate of drug-likeness (QED) is 0.863. The molecular weight excluding hydrogens is 218 g/mol. The Kier molecular flexibility index (Phi) is 3.88. The van der Waals surface area contributed by atoms with Gasteiger partial charge in [0.05, 0.1) is 5.69 Å². The Hall–Kier alpha value is -1.42. The average molecular weight is 233 g/mol. The van der Waals surface area contributed by atoms with Gasteiger partial charge in [-0.1, -0.05) is 13.0 Å². The summed E-state index contributed by atoms with van der Waals surface area (Å²) >= 11 is 1.67. The summed E-state index contributed by atoms with van der Waals surface area (Å²) in [5.41, 5.74) is 2.41. The second kappa shape index (κ2) is 5.61. The second-order valence-corrected chi connectivity index (χ2v) is 4.39. The molecule has 0 aliphatic heterocycles. The van der Waals surface area contributed by atoms with E-state index in [1.165, 1.54) is 5.56 Å². The highest BCUT2D eigenvalue weighted by atomic mass is 32.1. The third-order valence-electron chi connectivity index (χ3n) is 2.33. The highest BCUT2D eigenvalue weighted by Crippen LogP contribution is 2.15. The predicted octanol–water partition coefficient (Wildman–Crippen LogP) is 2.76. The Morgan fingerprint density at radius 1 is 1.44 bits per heavy atom. The van der Waals surface area contributed by atoms with E-state index in [-0.39, 0.29) is 0 Å². The summed E-state index contributed by atoms with van der Waals surface area (Å²) in [6, 6.07) is 4.06. The van der Waals surface area contributed by atoms with Crippen LogP contribution in [0.2, 0.25) is 0 Å². The molecule has 4 heteroatoms. The van der Waals surface area contributed by atoms with Crippen LogP contribution in [-0.4, -0.2) is 16.5 Å². The fourth-order valence-corrected chi connectivity index (χ4v) is 2.23. The lowest BCUT2D eigenvalue weighted by Gasteiger charge is -2.01. The van der Waals surface area contributed by atoms with Gasteiger partial charge in [0, 0.05) is 24.3 Å². The van der Waals surface area contributed by atoms with Gasteiger partial charge in [-0.2, -0.15) is 0 Å². The number of anilines is 1. The first-order valence-corrected chi connectivity index (χ1v) is 6.33. The summed E-state index contributed by atoms with van der Waals surface area (Å²) in [7, 11) is 0. The molecular formula is C12H15N3S. The lowest BCUT2D eigenvalue weighted by molar-refractivity contribution is 0.991. The summed E-state index contributed by atoms with van der Waals surface area (Å²) in [6.07, 6.45) is 5.68. The van der Waals surface area contributed by atoms with Crippen LogP contribution in [0.4, 0.5) is 5.13 Å². The summed E-state index contributed by atoms with van der Waals surface area (Å²) in [6.45, 7) is 3.02. The van der Waals surface area contributed by atoms with Crippen LogP contribution >= 0.6 is 11.3 Å². The van der Waals surface area contributed by atoms with E-state index in [0.717, 1.165) is 30.2 Å². The van der Waals surface area contributed by atoms with Gasteiger partial charge in [-0.15, -0.1) is 11.3 Å². The molecule has 2 aromatic rings. The fraction of sp³-hybridized carbons (Fsp3) is 0.333. The standard InChI is InChI=1S/C12H15N3S/c1-2-11-9-16-12(15-11)14-7-5-10-4-3-6-13-8-10/h3-4,6,8-9H,2,5,7H2,1H3,(H,14,15). The van der Waals surface area contributed by atoms with Gasteiger partial charge in [0.2, 0.25) is 0 Å². The normalized spacial score (nSPS) is 10.3. The summed E-state index contributed by atoms with van der Waals surface area (Å²) in [5, 5.41) is 6.45. The highest BCUT2D eigenvalue weighted by Gasteiger charge is 1.99. The molecule has 0 radical (unpaired) electrons. The highest BCUT2D eigenvalue weighted by molar-refractivity contribution is 7.13. The Balaban J connectivity index is 1.80. The topological polar surface area (TPSA) is 37.8 Å². The van der Waals surface area contributed by atoms with Crippen molar-refractivity contribution >= 4 is 16.5 Å². The van der Waals surface area contributed by atoms with Crippen molar-refractivity contribution in [1.82, 2.24) is 9.97 Å². The van der Waals surface area contributed by atoms with Crippen molar-refractivity contribution in [2.24, 2.45) is 0 Å². The molecule has 0 saturated carbocycles. The number of aromatic nitrogens is 2. The molecule has 84 valence electrons. The van der Waals surface area contributed by atoms with Gasteiger partial charge in [0.1, 0.15) is 0 Å². The first kappa shape index (κ1) is 11.1. The molecule has 16 heavy (non-hydrogen) atoms. The number of hydrogen-bond acceptors (Lipinski definition) is 4. The van der Waals surface area contributed by atoms with E-state index in [4.69, 9.17) is 0 Å². The van der Waals surface area contributed by atoms with E-state index < -0.39 is 0 Å². The number of aryl methyl sites for hydroxylation is 1. The van der Waals surface area contributed by atoms with Crippen molar-refractivity contribution in [3.63, 3.8) is 0 Å². The fourth-order valence-electron chi connectivity index (χ4n) is 1.41. The van der Waals surface area contributed by atoms with Crippen LogP contribution in [0.3, 0.4) is 0 Å². The molecule has 2 aromatic heterocycles. The second-order valence-electron chi connectivity index (χ2n) is 3.54. The minimum Gasteiger partial charge on any atom is -0.361 e. The SMILES string of the molecule is CCc1csc(NCCc2cccnc2)n1. The first-order valence-electron chi connectivity index (χ1n) is 5.45. The lowest BCUT2D eigenvalue weighted by atomic mass is 10.2. The molecule has 1 N–H and O–H groups in total. The van der Waals surface area contributed by atoms with Gasteiger partial charge in [-0.3, -0.25) is 4.98 Å². The summed E-state index contributed by atoms with van der Waals surface area (Å²) in [5.74, 6) is 0. The van der Waals surface area contributed by atoms with Gasteiger partial charge < -0.3 is 5.32 Å². The zero-order valence-electron chi connectivity index (χ0n) is 9.31. The molecule has 0 aromatic carbocycles. The van der Waals surface area contributed by atoms with Crippen LogP contribution in [-0.2, 0) is 12.8 Å².